The van der Waals surface area contributed by atoms with Gasteiger partial charge in [0.25, 0.3) is 0 Å². The first-order chi connectivity index (χ1) is 8.75. The van der Waals surface area contributed by atoms with Gasteiger partial charge in [-0.1, -0.05) is 30.5 Å². The maximum atomic E-state index is 6.08. The third-order valence-electron chi connectivity index (χ3n) is 4.27. The summed E-state index contributed by atoms with van der Waals surface area (Å²) in [5, 5.41) is 0. The van der Waals surface area contributed by atoms with Crippen LogP contribution in [-0.2, 0) is 0 Å². The molecule has 1 fully saturated rings. The Morgan fingerprint density at radius 3 is 2.50 bits per heavy atom. The zero-order valence-corrected chi connectivity index (χ0v) is 11.0. The van der Waals surface area contributed by atoms with Crippen LogP contribution in [-0.4, -0.2) is 18.5 Å². The number of nitrogens with zero attached hydrogens (tertiary/aromatic N) is 2. The Bertz CT molecular complexity index is 443. The maximum Gasteiger partial charge on any atom is 0.196 e. The first kappa shape index (κ1) is 11.6. The molecule has 1 atom stereocenters. The SMILES string of the molecule is Cc1ccc(N2C(N)=NCC2C2CCCC2)cc1. The maximum absolute atomic E-state index is 6.08. The molecule has 96 valence electrons. The van der Waals surface area contributed by atoms with E-state index in [0.29, 0.717) is 12.0 Å². The van der Waals surface area contributed by atoms with E-state index in [1.165, 1.54) is 36.9 Å². The fourth-order valence-electron chi connectivity index (χ4n) is 3.25. The molecule has 1 unspecified atom stereocenters. The Morgan fingerprint density at radius 2 is 1.83 bits per heavy atom. The van der Waals surface area contributed by atoms with Crippen LogP contribution in [0.25, 0.3) is 0 Å². The number of benzene rings is 1. The lowest BCUT2D eigenvalue weighted by molar-refractivity contribution is 0.450. The third-order valence-corrected chi connectivity index (χ3v) is 4.27. The zero-order valence-electron chi connectivity index (χ0n) is 11.0. The van der Waals surface area contributed by atoms with E-state index in [4.69, 9.17) is 5.73 Å². The Morgan fingerprint density at radius 1 is 1.17 bits per heavy atom. The molecular formula is C15H21N3. The largest absolute Gasteiger partial charge is 0.370 e. The fraction of sp³-hybridized carbons (Fsp3) is 0.533. The van der Waals surface area contributed by atoms with Gasteiger partial charge in [-0.25, -0.2) is 0 Å². The molecule has 1 aromatic rings. The second-order valence-corrected chi connectivity index (χ2v) is 5.52. The molecule has 3 nitrogen and oxygen atoms in total. The van der Waals surface area contributed by atoms with Crippen LogP contribution >= 0.6 is 0 Å². The predicted molar refractivity (Wildman–Crippen MR) is 75.9 cm³/mol. The Hall–Kier alpha value is -1.51. The molecule has 18 heavy (non-hydrogen) atoms. The summed E-state index contributed by atoms with van der Waals surface area (Å²) in [4.78, 5) is 6.71. The van der Waals surface area contributed by atoms with Gasteiger partial charge in [0.2, 0.25) is 0 Å². The first-order valence-electron chi connectivity index (χ1n) is 6.91. The van der Waals surface area contributed by atoms with E-state index in [1.54, 1.807) is 0 Å². The lowest BCUT2D eigenvalue weighted by Crippen LogP contribution is -2.44. The molecule has 3 rings (SSSR count). The van der Waals surface area contributed by atoms with E-state index in [9.17, 15) is 0 Å². The van der Waals surface area contributed by atoms with E-state index in [2.05, 4.69) is 41.1 Å². The second kappa shape index (κ2) is 4.63. The monoisotopic (exact) mass is 243 g/mol. The molecule has 0 aromatic heterocycles. The van der Waals surface area contributed by atoms with Crippen LogP contribution in [0.2, 0.25) is 0 Å². The van der Waals surface area contributed by atoms with E-state index >= 15 is 0 Å². The molecule has 1 aliphatic carbocycles. The van der Waals surface area contributed by atoms with Crippen molar-refractivity contribution >= 4 is 11.6 Å². The minimum absolute atomic E-state index is 0.482. The van der Waals surface area contributed by atoms with Gasteiger partial charge in [-0.3, -0.25) is 4.99 Å². The van der Waals surface area contributed by atoms with Crippen molar-refractivity contribution in [1.29, 1.82) is 0 Å². The highest BCUT2D eigenvalue weighted by Crippen LogP contribution is 2.34. The predicted octanol–water partition coefficient (Wildman–Crippen LogP) is 2.69. The van der Waals surface area contributed by atoms with Gasteiger partial charge in [0.1, 0.15) is 0 Å². The normalized spacial score (nSPS) is 24.6. The molecule has 1 aromatic carbocycles. The molecule has 0 spiro atoms. The highest BCUT2D eigenvalue weighted by atomic mass is 15.3. The summed E-state index contributed by atoms with van der Waals surface area (Å²) in [5.41, 5.74) is 8.56. The van der Waals surface area contributed by atoms with Crippen molar-refractivity contribution in [2.24, 2.45) is 16.6 Å². The van der Waals surface area contributed by atoms with Crippen LogP contribution in [0.15, 0.2) is 29.3 Å². The average molecular weight is 243 g/mol. The lowest BCUT2D eigenvalue weighted by atomic mass is 9.97. The molecule has 1 aliphatic heterocycles. The summed E-state index contributed by atoms with van der Waals surface area (Å²) >= 11 is 0. The number of aryl methyl sites for hydroxylation is 1. The summed E-state index contributed by atoms with van der Waals surface area (Å²) in [6.07, 6.45) is 5.39. The summed E-state index contributed by atoms with van der Waals surface area (Å²) in [5.74, 6) is 1.45. The topological polar surface area (TPSA) is 41.6 Å². The number of hydrogen-bond acceptors (Lipinski definition) is 3. The Balaban J connectivity index is 1.86. The van der Waals surface area contributed by atoms with E-state index in [1.807, 2.05) is 0 Å². The van der Waals surface area contributed by atoms with E-state index in [0.717, 1.165) is 12.5 Å². The average Bonchev–Trinajstić information content (AvgIpc) is 2.99. The fourth-order valence-corrected chi connectivity index (χ4v) is 3.25. The van der Waals surface area contributed by atoms with Gasteiger partial charge in [-0.05, 0) is 37.8 Å². The molecule has 0 amide bonds. The Kier molecular flexibility index (Phi) is 2.98. The van der Waals surface area contributed by atoms with E-state index < -0.39 is 0 Å². The molecular weight excluding hydrogens is 222 g/mol. The molecule has 0 bridgehead atoms. The number of anilines is 1. The van der Waals surface area contributed by atoms with Gasteiger partial charge in [-0.15, -0.1) is 0 Å². The number of aliphatic imine (C=N–C) groups is 1. The number of rotatable bonds is 2. The molecule has 0 radical (unpaired) electrons. The standard InChI is InChI=1S/C15H21N3/c1-11-6-8-13(9-7-11)18-14(10-17-15(18)16)12-4-2-3-5-12/h6-9,12,14H,2-5,10H2,1H3,(H2,16,17). The van der Waals surface area contributed by atoms with Gasteiger partial charge >= 0.3 is 0 Å². The van der Waals surface area contributed by atoms with Crippen LogP contribution in [0, 0.1) is 12.8 Å². The molecule has 1 heterocycles. The van der Waals surface area contributed by atoms with Crippen molar-refractivity contribution in [2.45, 2.75) is 38.6 Å². The van der Waals surface area contributed by atoms with Crippen LogP contribution < -0.4 is 10.6 Å². The summed E-state index contributed by atoms with van der Waals surface area (Å²) < 4.78 is 0. The van der Waals surface area contributed by atoms with Crippen LogP contribution in [0.3, 0.4) is 0 Å². The first-order valence-corrected chi connectivity index (χ1v) is 6.91. The minimum atomic E-state index is 0.482. The van der Waals surface area contributed by atoms with Crippen molar-refractivity contribution in [3.05, 3.63) is 29.8 Å². The van der Waals surface area contributed by atoms with Crippen LogP contribution in [0.5, 0.6) is 0 Å². The molecule has 2 N–H and O–H groups in total. The number of guanidine groups is 1. The lowest BCUT2D eigenvalue weighted by Gasteiger charge is -2.30. The quantitative estimate of drug-likeness (QED) is 0.867. The summed E-state index contributed by atoms with van der Waals surface area (Å²) in [6, 6.07) is 9.09. The number of hydrogen-bond donors (Lipinski definition) is 1. The van der Waals surface area contributed by atoms with Gasteiger partial charge in [0, 0.05) is 5.69 Å². The van der Waals surface area contributed by atoms with Crippen molar-refractivity contribution in [3.63, 3.8) is 0 Å². The summed E-state index contributed by atoms with van der Waals surface area (Å²) in [6.45, 7) is 2.98. The van der Waals surface area contributed by atoms with Crippen molar-refractivity contribution in [3.8, 4) is 0 Å². The van der Waals surface area contributed by atoms with Gasteiger partial charge in [0.05, 0.1) is 12.6 Å². The minimum Gasteiger partial charge on any atom is -0.370 e. The summed E-state index contributed by atoms with van der Waals surface area (Å²) in [7, 11) is 0. The van der Waals surface area contributed by atoms with E-state index in [-0.39, 0.29) is 0 Å². The third kappa shape index (κ3) is 1.98. The van der Waals surface area contributed by atoms with Gasteiger partial charge in [0.15, 0.2) is 5.96 Å². The van der Waals surface area contributed by atoms with Crippen molar-refractivity contribution in [2.75, 3.05) is 11.4 Å². The van der Waals surface area contributed by atoms with Crippen LogP contribution in [0.4, 0.5) is 5.69 Å². The van der Waals surface area contributed by atoms with Crippen molar-refractivity contribution < 1.29 is 0 Å². The van der Waals surface area contributed by atoms with Gasteiger partial charge in [-0.2, -0.15) is 0 Å². The molecule has 3 heteroatoms. The highest BCUT2D eigenvalue weighted by Gasteiger charge is 2.35. The van der Waals surface area contributed by atoms with Crippen molar-refractivity contribution in [1.82, 2.24) is 0 Å². The van der Waals surface area contributed by atoms with Crippen LogP contribution in [0.1, 0.15) is 31.2 Å². The Labute approximate surface area is 109 Å². The molecule has 1 saturated carbocycles. The molecule has 0 saturated heterocycles. The molecule has 2 aliphatic rings. The smallest absolute Gasteiger partial charge is 0.196 e. The number of nitrogens with two attached hydrogens (primary N) is 1. The second-order valence-electron chi connectivity index (χ2n) is 5.52. The van der Waals surface area contributed by atoms with Gasteiger partial charge < -0.3 is 10.6 Å². The highest BCUT2D eigenvalue weighted by molar-refractivity contribution is 5.97. The zero-order chi connectivity index (χ0) is 12.5.